The van der Waals surface area contributed by atoms with Gasteiger partial charge in [-0.1, -0.05) is 42.0 Å². The van der Waals surface area contributed by atoms with Gasteiger partial charge in [-0.3, -0.25) is 14.5 Å². The minimum atomic E-state index is -1.05. The summed E-state index contributed by atoms with van der Waals surface area (Å²) >= 11 is 0. The number of nitrogens with one attached hydrogen (secondary N) is 1. The van der Waals surface area contributed by atoms with E-state index in [1.807, 2.05) is 57.2 Å². The van der Waals surface area contributed by atoms with E-state index in [-0.39, 0.29) is 18.2 Å². The van der Waals surface area contributed by atoms with Crippen LogP contribution in [0.4, 0.5) is 4.79 Å². The predicted octanol–water partition coefficient (Wildman–Crippen LogP) is 3.97. The Hall–Kier alpha value is -2.95. The van der Waals surface area contributed by atoms with Crippen LogP contribution in [0.25, 0.3) is 0 Å². The van der Waals surface area contributed by atoms with Crippen molar-refractivity contribution in [2.24, 2.45) is 0 Å². The van der Waals surface area contributed by atoms with Crippen molar-refractivity contribution in [2.75, 3.05) is 6.54 Å². The molecule has 1 saturated heterocycles. The Kier molecular flexibility index (Phi) is 4.77. The van der Waals surface area contributed by atoms with Gasteiger partial charge in [-0.2, -0.15) is 0 Å². The molecule has 1 fully saturated rings. The summed E-state index contributed by atoms with van der Waals surface area (Å²) in [6, 6.07) is 11.2. The molecule has 1 unspecified atom stereocenters. The Morgan fingerprint density at radius 3 is 2.48 bits per heavy atom. The summed E-state index contributed by atoms with van der Waals surface area (Å²) in [7, 11) is 0. The van der Waals surface area contributed by atoms with E-state index in [1.165, 1.54) is 0 Å². The van der Waals surface area contributed by atoms with Gasteiger partial charge in [0.05, 0.1) is 6.54 Å². The van der Waals surface area contributed by atoms with E-state index >= 15 is 0 Å². The van der Waals surface area contributed by atoms with Gasteiger partial charge in [0.15, 0.2) is 5.78 Å². The standard InChI is InChI=1S/C24H26N2O3/c1-15-12-16(2)21(17(3)13-15)20(27)14-26-22(28)24(25-23(26)29)11-7-6-9-18-8-4-5-10-19(18)24/h4-5,8,10,12-13H,6-7,9,11,14H2,1-3H3,(H,25,29). The second-order valence-corrected chi connectivity index (χ2v) is 8.29. The maximum atomic E-state index is 13.5. The van der Waals surface area contributed by atoms with Gasteiger partial charge in [-0.15, -0.1) is 0 Å². The van der Waals surface area contributed by atoms with Crippen molar-refractivity contribution < 1.29 is 14.4 Å². The lowest BCUT2D eigenvalue weighted by atomic mass is 9.84. The third-order valence-electron chi connectivity index (χ3n) is 6.16. The lowest BCUT2D eigenvalue weighted by molar-refractivity contribution is -0.131. The van der Waals surface area contributed by atoms with Crippen molar-refractivity contribution >= 4 is 17.7 Å². The van der Waals surface area contributed by atoms with Crippen LogP contribution in [0.2, 0.25) is 0 Å². The zero-order valence-corrected chi connectivity index (χ0v) is 17.2. The maximum Gasteiger partial charge on any atom is 0.325 e. The number of nitrogens with zero attached hydrogens (tertiary/aromatic N) is 1. The van der Waals surface area contributed by atoms with E-state index < -0.39 is 11.6 Å². The van der Waals surface area contributed by atoms with Crippen LogP contribution in [0.1, 0.15) is 57.4 Å². The molecule has 0 aromatic heterocycles. The number of carbonyl (C=O) groups is 3. The number of hydrogen-bond acceptors (Lipinski definition) is 3. The van der Waals surface area contributed by atoms with Crippen LogP contribution in [0.15, 0.2) is 36.4 Å². The minimum Gasteiger partial charge on any atom is -0.319 e. The highest BCUT2D eigenvalue weighted by Gasteiger charge is 2.53. The largest absolute Gasteiger partial charge is 0.325 e. The molecule has 29 heavy (non-hydrogen) atoms. The van der Waals surface area contributed by atoms with E-state index in [1.54, 1.807) is 0 Å². The first-order valence-electron chi connectivity index (χ1n) is 10.2. The molecule has 0 bridgehead atoms. The van der Waals surface area contributed by atoms with E-state index in [0.717, 1.165) is 52.0 Å². The van der Waals surface area contributed by atoms with E-state index in [9.17, 15) is 14.4 Å². The number of hydrogen-bond donors (Lipinski definition) is 1. The molecule has 1 atom stereocenters. The number of rotatable bonds is 3. The summed E-state index contributed by atoms with van der Waals surface area (Å²) in [5.41, 5.74) is 4.33. The van der Waals surface area contributed by atoms with Gasteiger partial charge in [0.25, 0.3) is 5.91 Å². The highest BCUT2D eigenvalue weighted by Crippen LogP contribution is 2.39. The van der Waals surface area contributed by atoms with Crippen LogP contribution >= 0.6 is 0 Å². The van der Waals surface area contributed by atoms with Gasteiger partial charge in [-0.05, 0) is 68.7 Å². The summed E-state index contributed by atoms with van der Waals surface area (Å²) in [4.78, 5) is 40.5. The topological polar surface area (TPSA) is 66.5 Å². The molecule has 1 spiro atoms. The zero-order chi connectivity index (χ0) is 20.8. The Labute approximate surface area is 171 Å². The average molecular weight is 390 g/mol. The second-order valence-electron chi connectivity index (χ2n) is 8.29. The maximum absolute atomic E-state index is 13.5. The lowest BCUT2D eigenvalue weighted by Gasteiger charge is -2.27. The molecule has 2 aromatic rings. The van der Waals surface area contributed by atoms with Crippen LogP contribution in [-0.4, -0.2) is 29.2 Å². The summed E-state index contributed by atoms with van der Waals surface area (Å²) in [5.74, 6) is -0.518. The van der Waals surface area contributed by atoms with E-state index in [2.05, 4.69) is 5.32 Å². The van der Waals surface area contributed by atoms with Gasteiger partial charge in [-0.25, -0.2) is 4.79 Å². The highest BCUT2D eigenvalue weighted by molar-refractivity contribution is 6.12. The number of amides is 3. The first kappa shape index (κ1) is 19.4. The van der Waals surface area contributed by atoms with Gasteiger partial charge >= 0.3 is 6.03 Å². The number of imide groups is 1. The smallest absolute Gasteiger partial charge is 0.319 e. The fourth-order valence-corrected chi connectivity index (χ4v) is 4.96. The Balaban J connectivity index is 1.67. The third kappa shape index (κ3) is 3.15. The van der Waals surface area contributed by atoms with Crippen LogP contribution in [0.3, 0.4) is 0 Å². The summed E-state index contributed by atoms with van der Waals surface area (Å²) in [6.45, 7) is 5.53. The van der Waals surface area contributed by atoms with Gasteiger partial charge < -0.3 is 5.32 Å². The number of carbonyl (C=O) groups excluding carboxylic acids is 3. The van der Waals surface area contributed by atoms with Crippen LogP contribution in [-0.2, 0) is 16.8 Å². The molecule has 1 aliphatic heterocycles. The molecule has 0 radical (unpaired) electrons. The molecule has 0 saturated carbocycles. The molecule has 150 valence electrons. The summed E-state index contributed by atoms with van der Waals surface area (Å²) < 4.78 is 0. The molecular formula is C24H26N2O3. The van der Waals surface area contributed by atoms with Gasteiger partial charge in [0.2, 0.25) is 0 Å². The van der Waals surface area contributed by atoms with E-state index in [4.69, 9.17) is 0 Å². The molecular weight excluding hydrogens is 364 g/mol. The summed E-state index contributed by atoms with van der Waals surface area (Å²) in [5, 5.41) is 2.95. The van der Waals surface area contributed by atoms with Crippen molar-refractivity contribution in [1.29, 1.82) is 0 Å². The first-order valence-corrected chi connectivity index (χ1v) is 10.2. The second kappa shape index (κ2) is 7.14. The third-order valence-corrected chi connectivity index (χ3v) is 6.16. The van der Waals surface area contributed by atoms with Crippen molar-refractivity contribution in [3.63, 3.8) is 0 Å². The molecule has 1 heterocycles. The first-order chi connectivity index (χ1) is 13.8. The summed E-state index contributed by atoms with van der Waals surface area (Å²) in [6.07, 6.45) is 3.27. The number of Topliss-reactive ketones (excluding diaryl/α,β-unsaturated/α-hetero) is 1. The van der Waals surface area contributed by atoms with Crippen LogP contribution in [0.5, 0.6) is 0 Å². The number of ketones is 1. The van der Waals surface area contributed by atoms with Crippen molar-refractivity contribution in [3.8, 4) is 0 Å². The quantitative estimate of drug-likeness (QED) is 0.637. The fraction of sp³-hybridized carbons (Fsp3) is 0.375. The van der Waals surface area contributed by atoms with Crippen LogP contribution < -0.4 is 5.32 Å². The SMILES string of the molecule is Cc1cc(C)c(C(=O)CN2C(=O)NC3(CCCCc4ccccc43)C2=O)c(C)c1. The molecule has 5 heteroatoms. The highest BCUT2D eigenvalue weighted by atomic mass is 16.2. The molecule has 2 aliphatic rings. The van der Waals surface area contributed by atoms with Crippen molar-refractivity contribution in [3.05, 3.63) is 69.8 Å². The number of aryl methyl sites for hydroxylation is 4. The molecule has 2 aromatic carbocycles. The van der Waals surface area contributed by atoms with E-state index in [0.29, 0.717) is 12.0 Å². The Morgan fingerprint density at radius 1 is 1.07 bits per heavy atom. The van der Waals surface area contributed by atoms with Crippen molar-refractivity contribution in [1.82, 2.24) is 10.2 Å². The predicted molar refractivity (Wildman–Crippen MR) is 111 cm³/mol. The zero-order valence-electron chi connectivity index (χ0n) is 17.2. The fourth-order valence-electron chi connectivity index (χ4n) is 4.96. The van der Waals surface area contributed by atoms with Gasteiger partial charge in [0, 0.05) is 5.56 Å². The molecule has 5 nitrogen and oxygen atoms in total. The van der Waals surface area contributed by atoms with Crippen molar-refractivity contribution in [2.45, 2.75) is 52.0 Å². The van der Waals surface area contributed by atoms with Crippen LogP contribution in [0, 0.1) is 20.8 Å². The number of benzene rings is 2. The number of fused-ring (bicyclic) bond motifs is 2. The monoisotopic (exact) mass is 390 g/mol. The van der Waals surface area contributed by atoms with Gasteiger partial charge in [0.1, 0.15) is 5.54 Å². The average Bonchev–Trinajstić information content (AvgIpc) is 2.80. The number of urea groups is 1. The molecule has 4 rings (SSSR count). The Bertz CT molecular complexity index is 1000. The Morgan fingerprint density at radius 2 is 1.76 bits per heavy atom. The molecule has 3 amide bonds. The minimum absolute atomic E-state index is 0.206. The normalized spacial score (nSPS) is 21.1. The molecule has 1 aliphatic carbocycles. The lowest BCUT2D eigenvalue weighted by Crippen LogP contribution is -2.44. The molecule has 1 N–H and O–H groups in total.